The average Bonchev–Trinajstić information content (AvgIpc) is 2.38. The van der Waals surface area contributed by atoms with Crippen LogP contribution in [0.4, 0.5) is 5.69 Å². The first-order chi connectivity index (χ1) is 9.69. The molecule has 0 atom stereocenters. The molecule has 0 aliphatic rings. The quantitative estimate of drug-likeness (QED) is 0.757. The van der Waals surface area contributed by atoms with Crippen LogP contribution in [0.3, 0.4) is 0 Å². The van der Waals surface area contributed by atoms with Crippen LogP contribution in [0.5, 0.6) is 0 Å². The fourth-order valence-electron chi connectivity index (χ4n) is 1.91. The Kier molecular flexibility index (Phi) is 5.78. The number of hydrogen-bond acceptors (Lipinski definition) is 4. The van der Waals surface area contributed by atoms with Gasteiger partial charge in [-0.15, -0.1) is 0 Å². The molecular formula is C15H23NO4S. The van der Waals surface area contributed by atoms with Gasteiger partial charge in [-0.1, -0.05) is 12.1 Å². The molecule has 0 N–H and O–H groups in total. The first-order valence-corrected chi connectivity index (χ1v) is 8.56. The Labute approximate surface area is 127 Å². The molecular weight excluding hydrogens is 290 g/mol. The SMILES string of the molecule is CCS(=O)(=O)N(CC(=O)OC(C)C)c1cccc(C)c1C. The third kappa shape index (κ3) is 4.46. The molecule has 5 nitrogen and oxygen atoms in total. The van der Waals surface area contributed by atoms with E-state index in [1.165, 1.54) is 0 Å². The molecule has 6 heteroatoms. The maximum Gasteiger partial charge on any atom is 0.327 e. The minimum atomic E-state index is -3.55. The third-order valence-corrected chi connectivity index (χ3v) is 4.91. The van der Waals surface area contributed by atoms with E-state index in [0.717, 1.165) is 15.4 Å². The first kappa shape index (κ1) is 17.5. The Bertz CT molecular complexity index is 608. The monoisotopic (exact) mass is 313 g/mol. The normalized spacial score (nSPS) is 11.5. The lowest BCUT2D eigenvalue weighted by Crippen LogP contribution is -2.38. The Morgan fingerprint density at radius 1 is 1.29 bits per heavy atom. The number of carbonyl (C=O) groups excluding carboxylic acids is 1. The minimum Gasteiger partial charge on any atom is -0.462 e. The van der Waals surface area contributed by atoms with E-state index in [-0.39, 0.29) is 18.4 Å². The Morgan fingerprint density at radius 3 is 2.43 bits per heavy atom. The molecule has 0 heterocycles. The van der Waals surface area contributed by atoms with Crippen molar-refractivity contribution in [2.75, 3.05) is 16.6 Å². The second kappa shape index (κ2) is 6.93. The molecule has 0 bridgehead atoms. The van der Waals surface area contributed by atoms with Crippen LogP contribution in [0.15, 0.2) is 18.2 Å². The van der Waals surface area contributed by atoms with Crippen molar-refractivity contribution in [3.05, 3.63) is 29.3 Å². The summed E-state index contributed by atoms with van der Waals surface area (Å²) in [7, 11) is -3.55. The highest BCUT2D eigenvalue weighted by Gasteiger charge is 2.26. The van der Waals surface area contributed by atoms with Crippen LogP contribution in [0.25, 0.3) is 0 Å². The number of sulfonamides is 1. The Hall–Kier alpha value is -1.56. The summed E-state index contributed by atoms with van der Waals surface area (Å²) in [5, 5.41) is 0. The van der Waals surface area contributed by atoms with Crippen molar-refractivity contribution >= 4 is 21.7 Å². The molecule has 0 radical (unpaired) electrons. The number of rotatable bonds is 6. The lowest BCUT2D eigenvalue weighted by atomic mass is 10.1. The molecule has 0 saturated heterocycles. The van der Waals surface area contributed by atoms with E-state index in [9.17, 15) is 13.2 Å². The number of benzene rings is 1. The molecule has 0 aliphatic carbocycles. The zero-order valence-electron chi connectivity index (χ0n) is 13.2. The van der Waals surface area contributed by atoms with Gasteiger partial charge in [-0.25, -0.2) is 8.42 Å². The number of carbonyl (C=O) groups is 1. The fraction of sp³-hybridized carbons (Fsp3) is 0.533. The molecule has 0 aromatic heterocycles. The zero-order chi connectivity index (χ0) is 16.2. The van der Waals surface area contributed by atoms with Crippen LogP contribution in [-0.4, -0.2) is 32.8 Å². The average molecular weight is 313 g/mol. The van der Waals surface area contributed by atoms with Crippen molar-refractivity contribution in [2.24, 2.45) is 0 Å². The van der Waals surface area contributed by atoms with Crippen molar-refractivity contribution in [2.45, 2.75) is 40.7 Å². The van der Waals surface area contributed by atoms with Crippen LogP contribution in [0.1, 0.15) is 31.9 Å². The minimum absolute atomic E-state index is 0.0741. The van der Waals surface area contributed by atoms with Crippen molar-refractivity contribution in [3.63, 3.8) is 0 Å². The first-order valence-electron chi connectivity index (χ1n) is 6.95. The van der Waals surface area contributed by atoms with Gasteiger partial charge in [-0.05, 0) is 51.8 Å². The molecule has 1 aromatic carbocycles. The van der Waals surface area contributed by atoms with Crippen molar-refractivity contribution in [3.8, 4) is 0 Å². The van der Waals surface area contributed by atoms with Crippen LogP contribution < -0.4 is 4.31 Å². The number of esters is 1. The third-order valence-electron chi connectivity index (χ3n) is 3.19. The predicted molar refractivity (Wildman–Crippen MR) is 84.0 cm³/mol. The molecule has 0 fully saturated rings. The summed E-state index contributed by atoms with van der Waals surface area (Å²) < 4.78 is 30.8. The lowest BCUT2D eigenvalue weighted by Gasteiger charge is -2.25. The van der Waals surface area contributed by atoms with Crippen LogP contribution in [0, 0.1) is 13.8 Å². The lowest BCUT2D eigenvalue weighted by molar-refractivity contribution is -0.145. The number of aryl methyl sites for hydroxylation is 1. The smallest absolute Gasteiger partial charge is 0.327 e. The van der Waals surface area contributed by atoms with E-state index in [2.05, 4.69) is 0 Å². The van der Waals surface area contributed by atoms with Crippen LogP contribution in [-0.2, 0) is 19.6 Å². The number of hydrogen-bond donors (Lipinski definition) is 0. The van der Waals surface area contributed by atoms with Crippen molar-refractivity contribution in [1.29, 1.82) is 0 Å². The summed E-state index contributed by atoms with van der Waals surface area (Å²) in [6.45, 7) is 8.46. The Balaban J connectivity index is 3.21. The second-order valence-electron chi connectivity index (χ2n) is 5.16. The summed E-state index contributed by atoms with van der Waals surface area (Å²) in [5.41, 5.74) is 2.34. The topological polar surface area (TPSA) is 63.7 Å². The van der Waals surface area contributed by atoms with Crippen molar-refractivity contribution < 1.29 is 17.9 Å². The Morgan fingerprint density at radius 2 is 1.90 bits per heavy atom. The number of nitrogens with zero attached hydrogens (tertiary/aromatic N) is 1. The molecule has 0 saturated carbocycles. The number of ether oxygens (including phenoxy) is 1. The zero-order valence-corrected chi connectivity index (χ0v) is 14.0. The molecule has 1 aromatic rings. The summed E-state index contributed by atoms with van der Waals surface area (Å²) in [6.07, 6.45) is -0.276. The van der Waals surface area contributed by atoms with Gasteiger partial charge in [-0.3, -0.25) is 9.10 Å². The number of anilines is 1. The molecule has 0 aliphatic heterocycles. The van der Waals surface area contributed by atoms with Gasteiger partial charge in [0.1, 0.15) is 6.54 Å². The molecule has 118 valence electrons. The standard InChI is InChI=1S/C15H23NO4S/c1-6-21(18,19)16(10-15(17)20-11(2)3)14-9-7-8-12(4)13(14)5/h7-9,11H,6,10H2,1-5H3. The molecule has 0 spiro atoms. The van der Waals surface area contributed by atoms with Gasteiger partial charge >= 0.3 is 5.97 Å². The predicted octanol–water partition coefficient (Wildman–Crippen LogP) is 2.41. The van der Waals surface area contributed by atoms with Gasteiger partial charge in [0.05, 0.1) is 17.5 Å². The highest BCUT2D eigenvalue weighted by molar-refractivity contribution is 7.92. The summed E-state index contributed by atoms with van der Waals surface area (Å²) in [6, 6.07) is 5.39. The van der Waals surface area contributed by atoms with Gasteiger partial charge in [0.2, 0.25) is 10.0 Å². The molecule has 0 amide bonds. The van der Waals surface area contributed by atoms with Gasteiger partial charge < -0.3 is 4.74 Å². The van der Waals surface area contributed by atoms with E-state index >= 15 is 0 Å². The summed E-state index contributed by atoms with van der Waals surface area (Å²) in [5.74, 6) is -0.627. The second-order valence-corrected chi connectivity index (χ2v) is 7.35. The maximum absolute atomic E-state index is 12.3. The van der Waals surface area contributed by atoms with E-state index in [1.807, 2.05) is 19.9 Å². The summed E-state index contributed by atoms with van der Waals surface area (Å²) in [4.78, 5) is 11.9. The van der Waals surface area contributed by atoms with Crippen LogP contribution in [0.2, 0.25) is 0 Å². The molecule has 0 unspecified atom stereocenters. The van der Waals surface area contributed by atoms with Crippen molar-refractivity contribution in [1.82, 2.24) is 0 Å². The van der Waals surface area contributed by atoms with Gasteiger partial charge in [-0.2, -0.15) is 0 Å². The highest BCUT2D eigenvalue weighted by Crippen LogP contribution is 2.25. The van der Waals surface area contributed by atoms with E-state index < -0.39 is 16.0 Å². The van der Waals surface area contributed by atoms with E-state index in [4.69, 9.17) is 4.74 Å². The fourth-order valence-corrected chi connectivity index (χ4v) is 3.02. The van der Waals surface area contributed by atoms with Crippen LogP contribution >= 0.6 is 0 Å². The van der Waals surface area contributed by atoms with E-state index in [1.54, 1.807) is 32.9 Å². The van der Waals surface area contributed by atoms with Gasteiger partial charge in [0, 0.05) is 0 Å². The molecule has 1 rings (SSSR count). The van der Waals surface area contributed by atoms with Gasteiger partial charge in [0.15, 0.2) is 0 Å². The largest absolute Gasteiger partial charge is 0.462 e. The summed E-state index contributed by atoms with van der Waals surface area (Å²) >= 11 is 0. The van der Waals surface area contributed by atoms with E-state index in [0.29, 0.717) is 5.69 Å². The van der Waals surface area contributed by atoms with Gasteiger partial charge in [0.25, 0.3) is 0 Å². The highest BCUT2D eigenvalue weighted by atomic mass is 32.2. The molecule has 21 heavy (non-hydrogen) atoms. The maximum atomic E-state index is 12.3.